The second kappa shape index (κ2) is 10.4. The van der Waals surface area contributed by atoms with Crippen LogP contribution >= 0.6 is 0 Å². The number of benzene rings is 2. The first-order valence-corrected chi connectivity index (χ1v) is 12.4. The van der Waals surface area contributed by atoms with E-state index in [1.165, 1.54) is 6.42 Å². The summed E-state index contributed by atoms with van der Waals surface area (Å²) < 4.78 is 6.97. The largest absolute Gasteiger partial charge is 0.497 e. The summed E-state index contributed by atoms with van der Waals surface area (Å²) >= 11 is 0. The van der Waals surface area contributed by atoms with E-state index in [1.54, 1.807) is 17.7 Å². The van der Waals surface area contributed by atoms with Crippen LogP contribution in [-0.2, 0) is 4.79 Å². The molecular weight excluding hydrogens is 426 g/mol. The molecule has 2 aromatic carbocycles. The number of ether oxygens (including phenoxy) is 1. The van der Waals surface area contributed by atoms with Gasteiger partial charge in [0.15, 0.2) is 0 Å². The van der Waals surface area contributed by atoms with Crippen LogP contribution in [0.3, 0.4) is 0 Å². The molecule has 34 heavy (non-hydrogen) atoms. The van der Waals surface area contributed by atoms with Crippen molar-refractivity contribution in [3.63, 3.8) is 0 Å². The van der Waals surface area contributed by atoms with Crippen molar-refractivity contribution in [2.24, 2.45) is 11.8 Å². The van der Waals surface area contributed by atoms with E-state index in [4.69, 9.17) is 9.72 Å². The van der Waals surface area contributed by atoms with Gasteiger partial charge in [0.25, 0.3) is 5.56 Å². The summed E-state index contributed by atoms with van der Waals surface area (Å²) in [5.41, 5.74) is 1.22. The molecule has 0 radical (unpaired) electrons. The first-order valence-electron chi connectivity index (χ1n) is 12.4. The monoisotopic (exact) mass is 461 g/mol. The maximum atomic E-state index is 13.7. The molecule has 1 aliphatic carbocycles. The fourth-order valence-electron chi connectivity index (χ4n) is 4.97. The zero-order valence-electron chi connectivity index (χ0n) is 20.7. The summed E-state index contributed by atoms with van der Waals surface area (Å²) in [5, 5.41) is 0.559. The summed E-state index contributed by atoms with van der Waals surface area (Å²) in [6.45, 7) is 6.87. The lowest BCUT2D eigenvalue weighted by molar-refractivity contribution is -0.139. The Morgan fingerprint density at radius 1 is 1.06 bits per heavy atom. The Bertz CT molecular complexity index is 1190. The van der Waals surface area contributed by atoms with Gasteiger partial charge in [0.05, 0.1) is 29.7 Å². The predicted molar refractivity (Wildman–Crippen MR) is 135 cm³/mol. The van der Waals surface area contributed by atoms with E-state index in [-0.39, 0.29) is 23.4 Å². The van der Waals surface area contributed by atoms with Gasteiger partial charge in [0.2, 0.25) is 5.91 Å². The number of methoxy groups -OCH3 is 1. The van der Waals surface area contributed by atoms with Crippen LogP contribution in [0.15, 0.2) is 53.3 Å². The third-order valence-electron chi connectivity index (χ3n) is 6.77. The highest BCUT2D eigenvalue weighted by Crippen LogP contribution is 2.30. The number of para-hydroxylation sites is 1. The molecule has 1 saturated carbocycles. The minimum atomic E-state index is -0.351. The molecular formula is C28H35N3O3. The minimum Gasteiger partial charge on any atom is -0.497 e. The topological polar surface area (TPSA) is 64.4 Å². The van der Waals surface area contributed by atoms with Gasteiger partial charge in [-0.05, 0) is 62.1 Å². The first kappa shape index (κ1) is 24.0. The Labute approximate surface area is 201 Å². The average Bonchev–Trinajstić information content (AvgIpc) is 2.87. The molecule has 1 aromatic heterocycles. The van der Waals surface area contributed by atoms with Crippen LogP contribution in [0, 0.1) is 11.8 Å². The van der Waals surface area contributed by atoms with Crippen molar-refractivity contribution in [1.82, 2.24) is 14.5 Å². The van der Waals surface area contributed by atoms with E-state index in [9.17, 15) is 9.59 Å². The van der Waals surface area contributed by atoms with Crippen molar-refractivity contribution < 1.29 is 9.53 Å². The van der Waals surface area contributed by atoms with E-state index in [1.807, 2.05) is 54.3 Å². The molecule has 1 unspecified atom stereocenters. The number of fused-ring (bicyclic) bond motifs is 1. The number of carbonyl (C=O) groups excluding carboxylic acids is 1. The lowest BCUT2D eigenvalue weighted by Gasteiger charge is -2.35. The smallest absolute Gasteiger partial charge is 0.266 e. The molecule has 0 saturated heterocycles. The molecule has 0 aliphatic heterocycles. The molecule has 1 heterocycles. The Balaban J connectivity index is 1.85. The Kier molecular flexibility index (Phi) is 7.35. The summed E-state index contributed by atoms with van der Waals surface area (Å²) in [6.07, 6.45) is 5.29. The van der Waals surface area contributed by atoms with Crippen LogP contribution in [0.1, 0.15) is 64.7 Å². The fourth-order valence-corrected chi connectivity index (χ4v) is 4.97. The van der Waals surface area contributed by atoms with E-state index in [0.717, 1.165) is 25.7 Å². The van der Waals surface area contributed by atoms with Crippen molar-refractivity contribution in [2.75, 3.05) is 13.7 Å². The van der Waals surface area contributed by atoms with Crippen LogP contribution in [0.4, 0.5) is 0 Å². The predicted octanol–water partition coefficient (Wildman–Crippen LogP) is 5.52. The molecule has 6 heteroatoms. The maximum absolute atomic E-state index is 13.7. The van der Waals surface area contributed by atoms with Crippen molar-refractivity contribution in [1.29, 1.82) is 0 Å². The number of carbonyl (C=O) groups is 1. The summed E-state index contributed by atoms with van der Waals surface area (Å²) in [6, 6.07) is 14.5. The standard InChI is InChI=1S/C28H35N3O3/c1-19(2)18-30(27(32)21-10-6-5-7-11-21)20(3)26-29-25-13-9-8-12-24(25)28(33)31(26)22-14-16-23(34-4)17-15-22/h8-9,12-17,19-21H,5-7,10-11,18H2,1-4H3. The number of amides is 1. The first-order chi connectivity index (χ1) is 16.4. The lowest BCUT2D eigenvalue weighted by atomic mass is 9.87. The highest BCUT2D eigenvalue weighted by Gasteiger charge is 2.32. The number of hydrogen-bond donors (Lipinski definition) is 0. The van der Waals surface area contributed by atoms with Crippen LogP contribution in [-0.4, -0.2) is 34.0 Å². The molecule has 0 spiro atoms. The van der Waals surface area contributed by atoms with Gasteiger partial charge in [-0.3, -0.25) is 14.2 Å². The van der Waals surface area contributed by atoms with E-state index >= 15 is 0 Å². The zero-order chi connectivity index (χ0) is 24.2. The molecule has 0 bridgehead atoms. The Hall–Kier alpha value is -3.15. The van der Waals surface area contributed by atoms with Crippen LogP contribution in [0.25, 0.3) is 16.6 Å². The van der Waals surface area contributed by atoms with E-state index < -0.39 is 0 Å². The lowest BCUT2D eigenvalue weighted by Crippen LogP contribution is -2.42. The molecule has 1 amide bonds. The van der Waals surface area contributed by atoms with Gasteiger partial charge < -0.3 is 9.64 Å². The van der Waals surface area contributed by atoms with Crippen LogP contribution in [0.2, 0.25) is 0 Å². The maximum Gasteiger partial charge on any atom is 0.266 e. The zero-order valence-corrected chi connectivity index (χ0v) is 20.7. The normalized spacial score (nSPS) is 15.4. The summed E-state index contributed by atoms with van der Waals surface area (Å²) in [7, 11) is 1.62. The van der Waals surface area contributed by atoms with Gasteiger partial charge in [0, 0.05) is 12.5 Å². The van der Waals surface area contributed by atoms with Gasteiger partial charge in [-0.1, -0.05) is 45.2 Å². The van der Waals surface area contributed by atoms with Gasteiger partial charge in [-0.25, -0.2) is 4.98 Å². The molecule has 1 aliphatic rings. The molecule has 180 valence electrons. The van der Waals surface area contributed by atoms with E-state index in [2.05, 4.69) is 13.8 Å². The highest BCUT2D eigenvalue weighted by molar-refractivity contribution is 5.80. The SMILES string of the molecule is COc1ccc(-n2c(C(C)N(CC(C)C)C(=O)C3CCCCC3)nc3ccccc3c2=O)cc1. The molecule has 1 atom stereocenters. The number of hydrogen-bond acceptors (Lipinski definition) is 4. The number of aromatic nitrogens is 2. The summed E-state index contributed by atoms with van der Waals surface area (Å²) in [5.74, 6) is 1.84. The Morgan fingerprint density at radius 3 is 2.38 bits per heavy atom. The van der Waals surface area contributed by atoms with Crippen molar-refractivity contribution in [3.05, 3.63) is 64.7 Å². The summed E-state index contributed by atoms with van der Waals surface area (Å²) in [4.78, 5) is 34.3. The molecule has 1 fully saturated rings. The minimum absolute atomic E-state index is 0.0524. The quantitative estimate of drug-likeness (QED) is 0.465. The van der Waals surface area contributed by atoms with Gasteiger partial charge in [-0.2, -0.15) is 0 Å². The molecule has 0 N–H and O–H groups in total. The van der Waals surface area contributed by atoms with E-state index in [0.29, 0.717) is 40.6 Å². The number of nitrogens with zero attached hydrogens (tertiary/aromatic N) is 3. The fraction of sp³-hybridized carbons (Fsp3) is 0.464. The molecule has 3 aromatic rings. The van der Waals surface area contributed by atoms with Gasteiger partial charge >= 0.3 is 0 Å². The molecule has 4 rings (SSSR count). The number of rotatable bonds is 7. The van der Waals surface area contributed by atoms with Crippen molar-refractivity contribution in [3.8, 4) is 11.4 Å². The molecule has 6 nitrogen and oxygen atoms in total. The Morgan fingerprint density at radius 2 is 1.74 bits per heavy atom. The van der Waals surface area contributed by atoms with Gasteiger partial charge in [0.1, 0.15) is 11.6 Å². The average molecular weight is 462 g/mol. The highest BCUT2D eigenvalue weighted by atomic mass is 16.5. The van der Waals surface area contributed by atoms with Crippen LogP contribution in [0.5, 0.6) is 5.75 Å². The second-order valence-electron chi connectivity index (χ2n) is 9.72. The third kappa shape index (κ3) is 4.86. The second-order valence-corrected chi connectivity index (χ2v) is 9.72. The van der Waals surface area contributed by atoms with Gasteiger partial charge in [-0.15, -0.1) is 0 Å². The van der Waals surface area contributed by atoms with Crippen molar-refractivity contribution in [2.45, 2.75) is 58.9 Å². The van der Waals surface area contributed by atoms with Crippen LogP contribution < -0.4 is 10.3 Å². The third-order valence-corrected chi connectivity index (χ3v) is 6.77. The van der Waals surface area contributed by atoms with Crippen molar-refractivity contribution >= 4 is 16.8 Å².